The Bertz CT molecular complexity index is 445. The molecule has 0 bridgehead atoms. The van der Waals surface area contributed by atoms with Crippen molar-refractivity contribution in [1.82, 2.24) is 4.90 Å². The van der Waals surface area contributed by atoms with E-state index in [9.17, 15) is 5.11 Å². The van der Waals surface area contributed by atoms with Gasteiger partial charge in [0.05, 0.1) is 6.10 Å². The SMILES string of the molecule is Cc1c(Cl)cccc1NC(=S)N1CCC(O)CC1. The normalized spacial score (nSPS) is 16.7. The standard InChI is InChI=1S/C13H17ClN2OS/c1-9-11(14)3-2-4-12(9)15-13(18)16-7-5-10(17)6-8-16/h2-4,10,17H,5-8H2,1H3,(H,15,18). The summed E-state index contributed by atoms with van der Waals surface area (Å²) in [5, 5.41) is 14.1. The van der Waals surface area contributed by atoms with E-state index in [-0.39, 0.29) is 6.10 Å². The highest BCUT2D eigenvalue weighted by Gasteiger charge is 2.19. The fourth-order valence-corrected chi connectivity index (χ4v) is 2.47. The zero-order chi connectivity index (χ0) is 13.1. The molecule has 2 rings (SSSR count). The van der Waals surface area contributed by atoms with Gasteiger partial charge in [-0.05, 0) is 49.7 Å². The summed E-state index contributed by atoms with van der Waals surface area (Å²) in [7, 11) is 0. The smallest absolute Gasteiger partial charge is 0.173 e. The van der Waals surface area contributed by atoms with Crippen LogP contribution in [0.2, 0.25) is 5.02 Å². The van der Waals surface area contributed by atoms with E-state index in [1.807, 2.05) is 25.1 Å². The summed E-state index contributed by atoms with van der Waals surface area (Å²) < 4.78 is 0. The predicted octanol–water partition coefficient (Wildman–Crippen LogP) is 2.80. The number of hydrogen-bond acceptors (Lipinski definition) is 2. The highest BCUT2D eigenvalue weighted by Crippen LogP contribution is 2.23. The molecule has 0 spiro atoms. The molecule has 98 valence electrons. The maximum atomic E-state index is 9.47. The quantitative estimate of drug-likeness (QED) is 0.778. The second-order valence-electron chi connectivity index (χ2n) is 4.56. The monoisotopic (exact) mass is 284 g/mol. The molecule has 1 heterocycles. The summed E-state index contributed by atoms with van der Waals surface area (Å²) in [6.07, 6.45) is 1.36. The van der Waals surface area contributed by atoms with Crippen molar-refractivity contribution in [3.63, 3.8) is 0 Å². The molecule has 5 heteroatoms. The van der Waals surface area contributed by atoms with Gasteiger partial charge in [-0.15, -0.1) is 0 Å². The van der Waals surface area contributed by atoms with Gasteiger partial charge in [0, 0.05) is 23.8 Å². The van der Waals surface area contributed by atoms with E-state index in [0.29, 0.717) is 5.11 Å². The van der Waals surface area contributed by atoms with Crippen molar-refractivity contribution in [2.24, 2.45) is 0 Å². The molecular formula is C13H17ClN2OS. The van der Waals surface area contributed by atoms with Gasteiger partial charge >= 0.3 is 0 Å². The number of likely N-dealkylation sites (tertiary alicyclic amines) is 1. The minimum absolute atomic E-state index is 0.183. The summed E-state index contributed by atoms with van der Waals surface area (Å²) in [6.45, 7) is 3.56. The van der Waals surface area contributed by atoms with E-state index in [1.165, 1.54) is 0 Å². The zero-order valence-corrected chi connectivity index (χ0v) is 11.9. The largest absolute Gasteiger partial charge is 0.393 e. The molecule has 0 radical (unpaired) electrons. The van der Waals surface area contributed by atoms with Gasteiger partial charge in [-0.25, -0.2) is 0 Å². The molecule has 1 aromatic rings. The molecule has 1 aliphatic rings. The van der Waals surface area contributed by atoms with Crippen molar-refractivity contribution < 1.29 is 5.11 Å². The van der Waals surface area contributed by atoms with Gasteiger partial charge in [-0.3, -0.25) is 0 Å². The zero-order valence-electron chi connectivity index (χ0n) is 10.3. The van der Waals surface area contributed by atoms with Crippen molar-refractivity contribution in [2.45, 2.75) is 25.9 Å². The Balaban J connectivity index is 2.01. The van der Waals surface area contributed by atoms with Crippen molar-refractivity contribution in [2.75, 3.05) is 18.4 Å². The number of nitrogens with zero attached hydrogens (tertiary/aromatic N) is 1. The number of rotatable bonds is 1. The van der Waals surface area contributed by atoms with E-state index in [4.69, 9.17) is 23.8 Å². The van der Waals surface area contributed by atoms with Crippen LogP contribution in [0.25, 0.3) is 0 Å². The molecule has 0 unspecified atom stereocenters. The first-order chi connectivity index (χ1) is 8.58. The number of hydrogen-bond donors (Lipinski definition) is 2. The highest BCUT2D eigenvalue weighted by atomic mass is 35.5. The van der Waals surface area contributed by atoms with Crippen molar-refractivity contribution in [3.8, 4) is 0 Å². The molecule has 0 aliphatic carbocycles. The lowest BCUT2D eigenvalue weighted by Gasteiger charge is -2.32. The number of anilines is 1. The molecule has 18 heavy (non-hydrogen) atoms. The lowest BCUT2D eigenvalue weighted by atomic mass is 10.1. The molecule has 0 amide bonds. The van der Waals surface area contributed by atoms with Crippen LogP contribution in [0.4, 0.5) is 5.69 Å². The first-order valence-corrected chi connectivity index (χ1v) is 6.85. The second kappa shape index (κ2) is 5.87. The summed E-state index contributed by atoms with van der Waals surface area (Å²) >= 11 is 11.5. The molecule has 1 aromatic carbocycles. The van der Waals surface area contributed by atoms with Gasteiger partial charge in [-0.1, -0.05) is 17.7 Å². The van der Waals surface area contributed by atoms with E-state index >= 15 is 0 Å². The predicted molar refractivity (Wildman–Crippen MR) is 79.2 cm³/mol. The first-order valence-electron chi connectivity index (χ1n) is 6.07. The summed E-state index contributed by atoms with van der Waals surface area (Å²) in [6, 6.07) is 5.73. The van der Waals surface area contributed by atoms with Crippen LogP contribution < -0.4 is 5.32 Å². The Morgan fingerprint density at radius 2 is 2.11 bits per heavy atom. The van der Waals surface area contributed by atoms with Crippen molar-refractivity contribution >= 4 is 34.6 Å². The maximum absolute atomic E-state index is 9.47. The Morgan fingerprint density at radius 3 is 2.78 bits per heavy atom. The molecule has 1 saturated heterocycles. The summed E-state index contributed by atoms with van der Waals surface area (Å²) in [5.41, 5.74) is 1.94. The third-order valence-electron chi connectivity index (χ3n) is 3.26. The average molecular weight is 285 g/mol. The van der Waals surface area contributed by atoms with Crippen LogP contribution in [0.5, 0.6) is 0 Å². The lowest BCUT2D eigenvalue weighted by molar-refractivity contribution is 0.110. The minimum atomic E-state index is -0.183. The van der Waals surface area contributed by atoms with Gasteiger partial charge in [0.2, 0.25) is 0 Å². The Labute approximate surface area is 118 Å². The Morgan fingerprint density at radius 1 is 1.44 bits per heavy atom. The fraction of sp³-hybridized carbons (Fsp3) is 0.462. The van der Waals surface area contributed by atoms with Gasteiger partial charge in [0.15, 0.2) is 5.11 Å². The van der Waals surface area contributed by atoms with Crippen LogP contribution >= 0.6 is 23.8 Å². The van der Waals surface area contributed by atoms with Gasteiger partial charge in [0.25, 0.3) is 0 Å². The number of aliphatic hydroxyl groups excluding tert-OH is 1. The minimum Gasteiger partial charge on any atom is -0.393 e. The topological polar surface area (TPSA) is 35.5 Å². The molecule has 1 aliphatic heterocycles. The van der Waals surface area contributed by atoms with Crippen LogP contribution in [0, 0.1) is 6.92 Å². The molecule has 0 saturated carbocycles. The molecule has 2 N–H and O–H groups in total. The Hall–Kier alpha value is -0.840. The van der Waals surface area contributed by atoms with Gasteiger partial charge in [0.1, 0.15) is 0 Å². The van der Waals surface area contributed by atoms with Gasteiger partial charge in [-0.2, -0.15) is 0 Å². The molecule has 0 atom stereocenters. The lowest BCUT2D eigenvalue weighted by Crippen LogP contribution is -2.42. The second-order valence-corrected chi connectivity index (χ2v) is 5.35. The van der Waals surface area contributed by atoms with Gasteiger partial charge < -0.3 is 15.3 Å². The van der Waals surface area contributed by atoms with Crippen molar-refractivity contribution in [1.29, 1.82) is 0 Å². The van der Waals surface area contributed by atoms with E-state index in [0.717, 1.165) is 42.2 Å². The van der Waals surface area contributed by atoms with Crippen LogP contribution in [-0.2, 0) is 0 Å². The van der Waals surface area contributed by atoms with Crippen molar-refractivity contribution in [3.05, 3.63) is 28.8 Å². The van der Waals surface area contributed by atoms with Crippen LogP contribution in [0.3, 0.4) is 0 Å². The van der Waals surface area contributed by atoms with E-state index < -0.39 is 0 Å². The number of piperidine rings is 1. The van der Waals surface area contributed by atoms with Crippen LogP contribution in [0.1, 0.15) is 18.4 Å². The summed E-state index contributed by atoms with van der Waals surface area (Å²) in [4.78, 5) is 2.09. The summed E-state index contributed by atoms with van der Waals surface area (Å²) in [5.74, 6) is 0. The first kappa shape index (κ1) is 13.6. The van der Waals surface area contributed by atoms with E-state index in [1.54, 1.807) is 0 Å². The number of thiocarbonyl (C=S) groups is 1. The maximum Gasteiger partial charge on any atom is 0.173 e. The number of nitrogens with one attached hydrogen (secondary N) is 1. The number of aliphatic hydroxyl groups is 1. The van der Waals surface area contributed by atoms with Crippen LogP contribution in [0.15, 0.2) is 18.2 Å². The fourth-order valence-electron chi connectivity index (χ4n) is 2.01. The van der Waals surface area contributed by atoms with E-state index in [2.05, 4.69) is 10.2 Å². The number of halogens is 1. The molecule has 1 fully saturated rings. The third-order valence-corrected chi connectivity index (χ3v) is 4.03. The highest BCUT2D eigenvalue weighted by molar-refractivity contribution is 7.80. The Kier molecular flexibility index (Phi) is 4.43. The molecule has 3 nitrogen and oxygen atoms in total. The molecular weight excluding hydrogens is 268 g/mol. The third kappa shape index (κ3) is 3.13. The average Bonchev–Trinajstić information content (AvgIpc) is 2.36. The number of benzene rings is 1. The molecule has 0 aromatic heterocycles. The van der Waals surface area contributed by atoms with Crippen LogP contribution in [-0.4, -0.2) is 34.3 Å².